The van der Waals surface area contributed by atoms with Gasteiger partial charge in [-0.25, -0.2) is 9.59 Å². The van der Waals surface area contributed by atoms with Gasteiger partial charge in [-0.1, -0.05) is 48.5 Å². The van der Waals surface area contributed by atoms with Gasteiger partial charge in [0.25, 0.3) is 0 Å². The largest absolute Gasteiger partial charge is 0.479 e. The molecule has 2 amide bonds. The maximum absolute atomic E-state index is 12.6. The van der Waals surface area contributed by atoms with Crippen molar-refractivity contribution in [3.63, 3.8) is 0 Å². The Morgan fingerprint density at radius 3 is 2.26 bits per heavy atom. The highest BCUT2D eigenvalue weighted by Crippen LogP contribution is 2.50. The number of hydrogen-bond acceptors (Lipinski definition) is 5. The maximum Gasteiger partial charge on any atom is 0.407 e. The van der Waals surface area contributed by atoms with Crippen molar-refractivity contribution < 1.29 is 29.3 Å². The molecule has 5 rings (SSSR count). The number of aliphatic carboxylic acids is 1. The van der Waals surface area contributed by atoms with Crippen molar-refractivity contribution in [1.82, 2.24) is 10.6 Å². The van der Waals surface area contributed by atoms with Crippen LogP contribution in [0.3, 0.4) is 0 Å². The standard InChI is InChI=1S/C26H28N2O6/c29-23(25(31)32)12-27-24(30)15-9-14-11-22(20(14)10-15)28-26(33)34-13-21-18-7-3-1-5-16(18)17-6-2-4-8-19(17)21/h1-8,14-15,20-23,29H,9-13H2,(H,27,30)(H,28,33)(H,31,32)/t14-,15?,20-,22+,23-/m0/s1. The van der Waals surface area contributed by atoms with Gasteiger partial charge in [0.15, 0.2) is 6.10 Å². The zero-order chi connectivity index (χ0) is 23.8. The number of alkyl carbamates (subject to hydrolysis) is 1. The SMILES string of the molecule is O=C(N[C@@H]1C[C@@H]2CC(C(=O)NC[C@H](O)C(=O)O)C[C@@H]21)OCC1c2ccccc2-c2ccccc21. The monoisotopic (exact) mass is 464 g/mol. The Hall–Kier alpha value is -3.39. The minimum atomic E-state index is -1.61. The van der Waals surface area contributed by atoms with Crippen LogP contribution in [0.4, 0.5) is 4.79 Å². The van der Waals surface area contributed by atoms with Gasteiger partial charge in [0.1, 0.15) is 6.61 Å². The van der Waals surface area contributed by atoms with Crippen molar-refractivity contribution in [2.75, 3.05) is 13.2 Å². The topological polar surface area (TPSA) is 125 Å². The second-order valence-corrected chi connectivity index (χ2v) is 9.50. The number of carbonyl (C=O) groups excluding carboxylic acids is 2. The highest BCUT2D eigenvalue weighted by molar-refractivity contribution is 5.81. The number of carboxylic acids is 1. The molecular formula is C26H28N2O6. The number of benzene rings is 2. The first-order valence-electron chi connectivity index (χ1n) is 11.7. The van der Waals surface area contributed by atoms with Crippen molar-refractivity contribution in [3.8, 4) is 11.1 Å². The smallest absolute Gasteiger partial charge is 0.407 e. The van der Waals surface area contributed by atoms with Crippen LogP contribution in [0, 0.1) is 17.8 Å². The van der Waals surface area contributed by atoms with Crippen molar-refractivity contribution in [2.45, 2.75) is 37.3 Å². The minimum Gasteiger partial charge on any atom is -0.479 e. The molecule has 2 fully saturated rings. The molecule has 0 spiro atoms. The van der Waals surface area contributed by atoms with E-state index in [1.165, 1.54) is 11.1 Å². The molecule has 0 aromatic heterocycles. The van der Waals surface area contributed by atoms with Gasteiger partial charge in [-0.2, -0.15) is 0 Å². The molecule has 0 aliphatic heterocycles. The Morgan fingerprint density at radius 1 is 0.971 bits per heavy atom. The van der Waals surface area contributed by atoms with Crippen molar-refractivity contribution in [2.24, 2.45) is 17.8 Å². The van der Waals surface area contributed by atoms with Crippen LogP contribution in [0.2, 0.25) is 0 Å². The number of hydrogen-bond donors (Lipinski definition) is 4. The molecule has 4 N–H and O–H groups in total. The summed E-state index contributed by atoms with van der Waals surface area (Å²) in [5, 5.41) is 23.6. The summed E-state index contributed by atoms with van der Waals surface area (Å²) in [5.41, 5.74) is 4.69. The summed E-state index contributed by atoms with van der Waals surface area (Å²) in [7, 11) is 0. The van der Waals surface area contributed by atoms with E-state index >= 15 is 0 Å². The molecule has 5 atom stereocenters. The van der Waals surface area contributed by atoms with E-state index in [4.69, 9.17) is 9.84 Å². The zero-order valence-electron chi connectivity index (χ0n) is 18.6. The minimum absolute atomic E-state index is 0.00741. The Labute approximate surface area is 197 Å². The Bertz CT molecular complexity index is 1070. The number of ether oxygens (including phenoxy) is 1. The lowest BCUT2D eigenvalue weighted by molar-refractivity contribution is -0.146. The predicted molar refractivity (Wildman–Crippen MR) is 123 cm³/mol. The average Bonchev–Trinajstić information content (AvgIpc) is 3.34. The molecule has 178 valence electrons. The third kappa shape index (κ3) is 4.14. The molecular weight excluding hydrogens is 436 g/mol. The second kappa shape index (κ2) is 9.10. The molecule has 1 unspecified atom stereocenters. The molecule has 2 saturated carbocycles. The molecule has 8 nitrogen and oxygen atoms in total. The Balaban J connectivity index is 1.12. The average molecular weight is 465 g/mol. The first-order chi connectivity index (χ1) is 16.4. The molecule has 3 aliphatic carbocycles. The Kier molecular flexibility index (Phi) is 6.00. The van der Waals surface area contributed by atoms with Gasteiger partial charge in [0, 0.05) is 17.9 Å². The van der Waals surface area contributed by atoms with Crippen LogP contribution < -0.4 is 10.6 Å². The van der Waals surface area contributed by atoms with E-state index in [1.54, 1.807) is 0 Å². The zero-order valence-corrected chi connectivity index (χ0v) is 18.6. The molecule has 0 saturated heterocycles. The lowest BCUT2D eigenvalue weighted by Crippen LogP contribution is -2.50. The summed E-state index contributed by atoms with van der Waals surface area (Å²) in [4.78, 5) is 35.6. The van der Waals surface area contributed by atoms with E-state index in [0.29, 0.717) is 18.8 Å². The van der Waals surface area contributed by atoms with Gasteiger partial charge >= 0.3 is 12.1 Å². The lowest BCUT2D eigenvalue weighted by atomic mass is 9.71. The molecule has 0 radical (unpaired) electrons. The molecule has 0 heterocycles. The molecule has 2 aromatic rings. The predicted octanol–water partition coefficient (Wildman–Crippen LogP) is 2.50. The van der Waals surface area contributed by atoms with Crippen LogP contribution in [-0.4, -0.2) is 53.5 Å². The van der Waals surface area contributed by atoms with Gasteiger partial charge in [0.05, 0.1) is 6.54 Å². The van der Waals surface area contributed by atoms with Crippen LogP contribution in [0.5, 0.6) is 0 Å². The van der Waals surface area contributed by atoms with E-state index in [-0.39, 0.29) is 42.9 Å². The van der Waals surface area contributed by atoms with E-state index in [2.05, 4.69) is 34.9 Å². The number of amides is 2. The number of carbonyl (C=O) groups is 3. The summed E-state index contributed by atoms with van der Waals surface area (Å²) in [5.74, 6) is -1.26. The fourth-order valence-electron chi connectivity index (χ4n) is 5.83. The van der Waals surface area contributed by atoms with E-state index in [1.807, 2.05) is 24.3 Å². The number of rotatable bonds is 7. The van der Waals surface area contributed by atoms with Crippen LogP contribution in [0.15, 0.2) is 48.5 Å². The summed E-state index contributed by atoms with van der Waals surface area (Å²) in [6.07, 6.45) is 0.0975. The van der Waals surface area contributed by atoms with Crippen LogP contribution >= 0.6 is 0 Å². The first-order valence-corrected chi connectivity index (χ1v) is 11.7. The van der Waals surface area contributed by atoms with Gasteiger partial charge in [-0.15, -0.1) is 0 Å². The molecule has 8 heteroatoms. The number of aliphatic hydroxyl groups is 1. The molecule has 34 heavy (non-hydrogen) atoms. The fraction of sp³-hybridized carbons (Fsp3) is 0.423. The van der Waals surface area contributed by atoms with Gasteiger partial charge in [-0.05, 0) is 53.4 Å². The summed E-state index contributed by atoms with van der Waals surface area (Å²) in [6, 6.07) is 16.4. The lowest BCUT2D eigenvalue weighted by Gasteiger charge is -2.40. The summed E-state index contributed by atoms with van der Waals surface area (Å²) >= 11 is 0. The highest BCUT2D eigenvalue weighted by Gasteiger charge is 2.50. The second-order valence-electron chi connectivity index (χ2n) is 9.50. The Morgan fingerprint density at radius 2 is 1.62 bits per heavy atom. The first kappa shape index (κ1) is 22.4. The summed E-state index contributed by atoms with van der Waals surface area (Å²) < 4.78 is 5.64. The van der Waals surface area contributed by atoms with Crippen molar-refractivity contribution >= 4 is 18.0 Å². The molecule has 3 aliphatic rings. The van der Waals surface area contributed by atoms with E-state index < -0.39 is 18.2 Å². The number of aliphatic hydroxyl groups excluding tert-OH is 1. The fourth-order valence-corrected chi connectivity index (χ4v) is 5.83. The van der Waals surface area contributed by atoms with Crippen LogP contribution in [-0.2, 0) is 14.3 Å². The third-order valence-corrected chi connectivity index (χ3v) is 7.60. The highest BCUT2D eigenvalue weighted by atomic mass is 16.5. The number of carboxylic acid groups (broad SMARTS) is 1. The summed E-state index contributed by atoms with van der Waals surface area (Å²) in [6.45, 7) is -0.0426. The van der Waals surface area contributed by atoms with Crippen LogP contribution in [0.1, 0.15) is 36.3 Å². The van der Waals surface area contributed by atoms with Crippen molar-refractivity contribution in [1.29, 1.82) is 0 Å². The van der Waals surface area contributed by atoms with E-state index in [9.17, 15) is 19.5 Å². The maximum atomic E-state index is 12.6. The van der Waals surface area contributed by atoms with Crippen LogP contribution in [0.25, 0.3) is 11.1 Å². The number of nitrogens with one attached hydrogen (secondary N) is 2. The van der Waals surface area contributed by atoms with Gasteiger partial charge in [-0.3, -0.25) is 4.79 Å². The molecule has 0 bridgehead atoms. The van der Waals surface area contributed by atoms with E-state index in [0.717, 1.165) is 17.5 Å². The number of fused-ring (bicyclic) bond motifs is 4. The molecule has 2 aromatic carbocycles. The quantitative estimate of drug-likeness (QED) is 0.499. The third-order valence-electron chi connectivity index (χ3n) is 7.60. The van der Waals surface area contributed by atoms with Gasteiger partial charge in [0.2, 0.25) is 5.91 Å². The normalized spacial score (nSPS) is 25.3. The van der Waals surface area contributed by atoms with Gasteiger partial charge < -0.3 is 25.6 Å². The van der Waals surface area contributed by atoms with Crippen molar-refractivity contribution in [3.05, 3.63) is 59.7 Å².